The van der Waals surface area contributed by atoms with Crippen LogP contribution in [0.3, 0.4) is 0 Å². The van der Waals surface area contributed by atoms with Crippen LogP contribution in [0.1, 0.15) is 24.6 Å². The van der Waals surface area contributed by atoms with E-state index in [0.717, 1.165) is 6.20 Å². The van der Waals surface area contributed by atoms with Gasteiger partial charge in [0.1, 0.15) is 5.69 Å². The van der Waals surface area contributed by atoms with Gasteiger partial charge in [-0.05, 0) is 6.92 Å². The number of nitrogens with two attached hydrogens (primary N) is 1. The van der Waals surface area contributed by atoms with Gasteiger partial charge in [-0.25, -0.2) is 18.2 Å². The number of carbonyl (C=O) groups is 1. The Balaban J connectivity index is 3.05. The van der Waals surface area contributed by atoms with E-state index in [2.05, 4.69) is 9.72 Å². The SMILES string of the molecule is CCOC(=O)Cc1c(N)cnc(C(F)F)c1F. The van der Waals surface area contributed by atoms with Crippen molar-refractivity contribution in [2.75, 3.05) is 12.3 Å². The molecule has 0 saturated carbocycles. The number of anilines is 1. The summed E-state index contributed by atoms with van der Waals surface area (Å²) in [7, 11) is 0. The first-order valence-electron chi connectivity index (χ1n) is 4.83. The zero-order valence-electron chi connectivity index (χ0n) is 9.04. The second-order valence-corrected chi connectivity index (χ2v) is 3.17. The maximum Gasteiger partial charge on any atom is 0.310 e. The number of carbonyl (C=O) groups excluding carboxylic acids is 1. The van der Waals surface area contributed by atoms with Crippen LogP contribution in [-0.2, 0) is 16.0 Å². The third-order valence-corrected chi connectivity index (χ3v) is 2.01. The van der Waals surface area contributed by atoms with Gasteiger partial charge < -0.3 is 10.5 Å². The van der Waals surface area contributed by atoms with E-state index >= 15 is 0 Å². The lowest BCUT2D eigenvalue weighted by molar-refractivity contribution is -0.142. The van der Waals surface area contributed by atoms with E-state index in [9.17, 15) is 18.0 Å². The van der Waals surface area contributed by atoms with Gasteiger partial charge in [0.2, 0.25) is 0 Å². The zero-order valence-corrected chi connectivity index (χ0v) is 9.04. The minimum absolute atomic E-state index is 0.118. The van der Waals surface area contributed by atoms with Crippen molar-refractivity contribution in [3.8, 4) is 0 Å². The van der Waals surface area contributed by atoms with E-state index < -0.39 is 30.3 Å². The number of ether oxygens (including phenoxy) is 1. The highest BCUT2D eigenvalue weighted by Crippen LogP contribution is 2.25. The van der Waals surface area contributed by atoms with Gasteiger partial charge in [0, 0.05) is 5.56 Å². The Labute approximate surface area is 95.6 Å². The van der Waals surface area contributed by atoms with Crippen LogP contribution in [0, 0.1) is 5.82 Å². The first kappa shape index (κ1) is 13.3. The molecule has 17 heavy (non-hydrogen) atoms. The second kappa shape index (κ2) is 5.51. The third-order valence-electron chi connectivity index (χ3n) is 2.01. The molecule has 1 rings (SSSR count). The minimum atomic E-state index is -3.06. The molecule has 1 heterocycles. The maximum atomic E-state index is 13.6. The molecule has 0 spiro atoms. The highest BCUT2D eigenvalue weighted by Gasteiger charge is 2.22. The molecule has 0 saturated heterocycles. The van der Waals surface area contributed by atoms with Crippen LogP contribution in [0.25, 0.3) is 0 Å². The van der Waals surface area contributed by atoms with Crippen molar-refractivity contribution < 1.29 is 22.7 Å². The molecular weight excluding hydrogens is 237 g/mol. The number of hydrogen-bond donors (Lipinski definition) is 1. The Morgan fingerprint density at radius 2 is 2.24 bits per heavy atom. The van der Waals surface area contributed by atoms with Gasteiger partial charge in [-0.1, -0.05) is 0 Å². The van der Waals surface area contributed by atoms with Crippen LogP contribution < -0.4 is 5.73 Å². The number of rotatable bonds is 4. The second-order valence-electron chi connectivity index (χ2n) is 3.17. The Kier molecular flexibility index (Phi) is 4.30. The Morgan fingerprint density at radius 3 is 2.76 bits per heavy atom. The largest absolute Gasteiger partial charge is 0.466 e. The fourth-order valence-corrected chi connectivity index (χ4v) is 1.24. The van der Waals surface area contributed by atoms with Crippen molar-refractivity contribution in [2.24, 2.45) is 0 Å². The summed E-state index contributed by atoms with van der Waals surface area (Å²) in [6.45, 7) is 1.70. The standard InChI is InChI=1S/C10H11F3N2O2/c1-2-17-7(16)3-5-6(14)4-15-9(8(5)11)10(12)13/h4,10H,2-3,14H2,1H3. The number of alkyl halides is 2. The summed E-state index contributed by atoms with van der Waals surface area (Å²) in [5, 5.41) is 0. The number of aromatic nitrogens is 1. The van der Waals surface area contributed by atoms with E-state index in [4.69, 9.17) is 5.73 Å². The van der Waals surface area contributed by atoms with Crippen molar-refractivity contribution in [1.29, 1.82) is 0 Å². The lowest BCUT2D eigenvalue weighted by atomic mass is 10.1. The molecule has 4 nitrogen and oxygen atoms in total. The van der Waals surface area contributed by atoms with Crippen LogP contribution in [-0.4, -0.2) is 17.6 Å². The van der Waals surface area contributed by atoms with E-state index in [1.54, 1.807) is 6.92 Å². The van der Waals surface area contributed by atoms with Gasteiger partial charge >= 0.3 is 5.97 Å². The predicted octanol–water partition coefficient (Wildman–Crippen LogP) is 1.85. The summed E-state index contributed by atoms with van der Waals surface area (Å²) in [5.74, 6) is -1.99. The molecule has 0 radical (unpaired) electrons. The summed E-state index contributed by atoms with van der Waals surface area (Å²) in [4.78, 5) is 14.3. The van der Waals surface area contributed by atoms with E-state index in [1.165, 1.54) is 0 Å². The number of pyridine rings is 1. The van der Waals surface area contributed by atoms with Crippen molar-refractivity contribution in [2.45, 2.75) is 19.8 Å². The van der Waals surface area contributed by atoms with Crippen LogP contribution >= 0.6 is 0 Å². The van der Waals surface area contributed by atoms with Gasteiger partial charge in [0.05, 0.1) is 24.9 Å². The molecule has 2 N–H and O–H groups in total. The number of nitrogens with zero attached hydrogens (tertiary/aromatic N) is 1. The Bertz CT molecular complexity index is 424. The maximum absolute atomic E-state index is 13.6. The molecule has 0 atom stereocenters. The Morgan fingerprint density at radius 1 is 1.59 bits per heavy atom. The summed E-state index contributed by atoms with van der Waals surface area (Å²) in [5.41, 5.74) is 3.90. The van der Waals surface area contributed by atoms with Crippen LogP contribution in [0.4, 0.5) is 18.9 Å². The molecule has 0 aromatic carbocycles. The molecule has 0 bridgehead atoms. The molecule has 0 aliphatic heterocycles. The summed E-state index contributed by atoms with van der Waals surface area (Å²) in [6, 6.07) is 0. The number of nitrogen functional groups attached to an aromatic ring is 1. The predicted molar refractivity (Wildman–Crippen MR) is 53.9 cm³/mol. The van der Waals surface area contributed by atoms with Gasteiger partial charge in [-0.3, -0.25) is 4.79 Å². The molecule has 1 aromatic rings. The molecule has 0 aliphatic rings. The third kappa shape index (κ3) is 3.08. The Hall–Kier alpha value is -1.79. The first-order valence-corrected chi connectivity index (χ1v) is 4.83. The highest BCUT2D eigenvalue weighted by molar-refractivity contribution is 5.74. The van der Waals surface area contributed by atoms with Gasteiger partial charge in [-0.2, -0.15) is 0 Å². The lowest BCUT2D eigenvalue weighted by Gasteiger charge is -2.09. The number of hydrogen-bond acceptors (Lipinski definition) is 4. The zero-order chi connectivity index (χ0) is 13.0. The fraction of sp³-hybridized carbons (Fsp3) is 0.400. The fourth-order valence-electron chi connectivity index (χ4n) is 1.24. The molecular formula is C10H11F3N2O2. The van der Waals surface area contributed by atoms with Crippen LogP contribution in [0.5, 0.6) is 0 Å². The van der Waals surface area contributed by atoms with E-state index in [-0.39, 0.29) is 17.9 Å². The number of esters is 1. The van der Waals surface area contributed by atoms with Crippen LogP contribution in [0.2, 0.25) is 0 Å². The average molecular weight is 248 g/mol. The molecule has 0 fully saturated rings. The normalized spacial score (nSPS) is 10.6. The van der Waals surface area contributed by atoms with Crippen molar-refractivity contribution in [3.63, 3.8) is 0 Å². The van der Waals surface area contributed by atoms with Gasteiger partial charge in [0.25, 0.3) is 6.43 Å². The van der Waals surface area contributed by atoms with Crippen molar-refractivity contribution in [1.82, 2.24) is 4.98 Å². The average Bonchev–Trinajstić information content (AvgIpc) is 2.24. The quantitative estimate of drug-likeness (QED) is 0.826. The van der Waals surface area contributed by atoms with Gasteiger partial charge in [0.15, 0.2) is 5.82 Å². The number of halogens is 3. The lowest BCUT2D eigenvalue weighted by Crippen LogP contribution is -2.13. The molecule has 94 valence electrons. The van der Waals surface area contributed by atoms with Crippen molar-refractivity contribution >= 4 is 11.7 Å². The highest BCUT2D eigenvalue weighted by atomic mass is 19.3. The van der Waals surface area contributed by atoms with Gasteiger partial charge in [-0.15, -0.1) is 0 Å². The van der Waals surface area contributed by atoms with Crippen LogP contribution in [0.15, 0.2) is 6.20 Å². The molecule has 0 aliphatic carbocycles. The smallest absolute Gasteiger partial charge is 0.310 e. The first-order chi connectivity index (χ1) is 7.97. The topological polar surface area (TPSA) is 65.2 Å². The molecule has 0 amide bonds. The molecule has 7 heteroatoms. The summed E-state index contributed by atoms with van der Waals surface area (Å²) >= 11 is 0. The monoisotopic (exact) mass is 248 g/mol. The molecule has 1 aromatic heterocycles. The summed E-state index contributed by atoms with van der Waals surface area (Å²) < 4.78 is 42.9. The summed E-state index contributed by atoms with van der Waals surface area (Å²) in [6.07, 6.45) is -2.65. The van der Waals surface area contributed by atoms with Crippen molar-refractivity contribution in [3.05, 3.63) is 23.3 Å². The van der Waals surface area contributed by atoms with E-state index in [1.807, 2.05) is 0 Å². The molecule has 0 unspecified atom stereocenters. The minimum Gasteiger partial charge on any atom is -0.466 e. The van der Waals surface area contributed by atoms with E-state index in [0.29, 0.717) is 0 Å².